The maximum absolute atomic E-state index is 13.6. The van der Waals surface area contributed by atoms with Crippen LogP contribution in [0.1, 0.15) is 80.6 Å². The molecule has 6 atom stereocenters. The molecule has 0 spiro atoms. The van der Waals surface area contributed by atoms with Crippen molar-refractivity contribution in [2.45, 2.75) is 104 Å². The predicted octanol–water partition coefficient (Wildman–Crippen LogP) is 1.81. The van der Waals surface area contributed by atoms with Gasteiger partial charge in [-0.3, -0.25) is 15.0 Å². The summed E-state index contributed by atoms with van der Waals surface area (Å²) in [5.74, 6) is 0.523. The Morgan fingerprint density at radius 1 is 1.18 bits per heavy atom. The van der Waals surface area contributed by atoms with Gasteiger partial charge in [0.05, 0.1) is 29.7 Å². The Morgan fingerprint density at radius 2 is 1.87 bits per heavy atom. The molecule has 0 aromatic rings. The van der Waals surface area contributed by atoms with E-state index in [4.69, 9.17) is 14.7 Å². The van der Waals surface area contributed by atoms with Crippen molar-refractivity contribution in [3.63, 3.8) is 0 Å². The standard InChI is InChI=1S/C27H50BN5O5/c1-16(2)12-21(28-37-20-14-17-13-19(26(17,5)6)27(20,7)38-28)33-22(35)18(10-9-11-31-24(29)30-8)32-23(36)25(3,4)15-34/h16-21,34H,9-15H2,1-8H3,(H,32,36)(H,33,35)(H3,29,30,31)/t17-,18-,19-,20+,21-,27-/m0/s1. The van der Waals surface area contributed by atoms with Gasteiger partial charge in [-0.25, -0.2) is 0 Å². The van der Waals surface area contributed by atoms with Gasteiger partial charge in [-0.05, 0) is 76.0 Å². The summed E-state index contributed by atoms with van der Waals surface area (Å²) in [5, 5.41) is 29.0. The highest BCUT2D eigenvalue weighted by Crippen LogP contribution is 2.65. The van der Waals surface area contributed by atoms with E-state index in [-0.39, 0.29) is 47.4 Å². The molecule has 4 fully saturated rings. The summed E-state index contributed by atoms with van der Waals surface area (Å²) in [6.45, 7) is 14.5. The first-order valence-corrected chi connectivity index (χ1v) is 14.2. The minimum atomic E-state index is -1.02. The molecule has 0 aromatic heterocycles. The van der Waals surface area contributed by atoms with Gasteiger partial charge in [-0.15, -0.1) is 0 Å². The third-order valence-corrected chi connectivity index (χ3v) is 9.20. The van der Waals surface area contributed by atoms with Crippen molar-refractivity contribution in [2.24, 2.45) is 28.6 Å². The lowest BCUT2D eigenvalue weighted by atomic mass is 9.43. The highest BCUT2D eigenvalue weighted by atomic mass is 16.7. The summed E-state index contributed by atoms with van der Waals surface area (Å²) >= 11 is 0. The third kappa shape index (κ3) is 6.31. The molecular weight excluding hydrogens is 485 g/mol. The molecule has 0 unspecified atom stereocenters. The van der Waals surface area contributed by atoms with Crippen LogP contribution in [0, 0.1) is 34.0 Å². The van der Waals surface area contributed by atoms with E-state index in [0.717, 1.165) is 12.8 Å². The maximum atomic E-state index is 13.6. The highest BCUT2D eigenvalue weighted by molar-refractivity contribution is 6.48. The zero-order chi connectivity index (χ0) is 28.5. The molecule has 1 saturated heterocycles. The number of carbonyl (C=O) groups is 2. The second-order valence-corrected chi connectivity index (χ2v) is 13.3. The van der Waals surface area contributed by atoms with Gasteiger partial charge in [0.1, 0.15) is 6.04 Å². The average molecular weight is 536 g/mol. The molecule has 1 heterocycles. The van der Waals surface area contributed by atoms with Crippen LogP contribution in [0.15, 0.2) is 0 Å². The van der Waals surface area contributed by atoms with Crippen LogP contribution in [-0.4, -0.2) is 73.9 Å². The van der Waals surface area contributed by atoms with E-state index in [0.29, 0.717) is 43.6 Å². The largest absolute Gasteiger partial charge is 0.481 e. The number of aliphatic hydroxyl groups excluding tert-OH is 1. The number of carbonyl (C=O) groups excluding carboxylic acids is 2. The van der Waals surface area contributed by atoms with Gasteiger partial charge in [0.2, 0.25) is 11.8 Å². The third-order valence-electron chi connectivity index (χ3n) is 9.20. The van der Waals surface area contributed by atoms with Gasteiger partial charge in [0.25, 0.3) is 0 Å². The molecule has 38 heavy (non-hydrogen) atoms. The molecule has 0 aromatic carbocycles. The lowest BCUT2D eigenvalue weighted by Gasteiger charge is -2.64. The number of hydrogen-bond donors (Lipinski definition) is 6. The first-order chi connectivity index (χ1) is 17.7. The zero-order valence-corrected chi connectivity index (χ0v) is 24.6. The topological polar surface area (TPSA) is 145 Å². The summed E-state index contributed by atoms with van der Waals surface area (Å²) < 4.78 is 13.2. The summed E-state index contributed by atoms with van der Waals surface area (Å²) in [6, 6.07) is -0.792. The molecule has 4 aliphatic rings. The Labute approximate surface area is 228 Å². The predicted molar refractivity (Wildman–Crippen MR) is 148 cm³/mol. The van der Waals surface area contributed by atoms with Gasteiger partial charge >= 0.3 is 7.12 Å². The SMILES string of the molecule is CNC(=N)NCCC[C@H](NC(=O)C(C)(C)CO)C(=O)N[C@@H](CC(C)C)B1O[C@@H]2C[C@@H]3C[C@@H](C3(C)C)[C@]2(C)O1. The van der Waals surface area contributed by atoms with Crippen molar-refractivity contribution < 1.29 is 24.0 Å². The molecule has 216 valence electrons. The number of amides is 2. The van der Waals surface area contributed by atoms with Crippen LogP contribution in [0.25, 0.3) is 0 Å². The van der Waals surface area contributed by atoms with Crippen LogP contribution in [0.5, 0.6) is 0 Å². The fourth-order valence-corrected chi connectivity index (χ4v) is 6.40. The molecule has 6 N–H and O–H groups in total. The molecule has 3 aliphatic carbocycles. The summed E-state index contributed by atoms with van der Waals surface area (Å²) in [5.41, 5.74) is -1.16. The van der Waals surface area contributed by atoms with E-state index in [1.54, 1.807) is 20.9 Å². The highest BCUT2D eigenvalue weighted by Gasteiger charge is 2.68. The van der Waals surface area contributed by atoms with Crippen LogP contribution in [0.4, 0.5) is 0 Å². The Hall–Kier alpha value is -1.85. The van der Waals surface area contributed by atoms with Crippen LogP contribution >= 0.6 is 0 Å². The van der Waals surface area contributed by atoms with Crippen LogP contribution in [0.3, 0.4) is 0 Å². The number of nitrogens with one attached hydrogen (secondary N) is 5. The van der Waals surface area contributed by atoms with E-state index in [1.165, 1.54) is 0 Å². The molecule has 1 aliphatic heterocycles. The van der Waals surface area contributed by atoms with Gasteiger partial charge in [-0.2, -0.15) is 0 Å². The fourth-order valence-electron chi connectivity index (χ4n) is 6.40. The van der Waals surface area contributed by atoms with E-state index < -0.39 is 18.6 Å². The van der Waals surface area contributed by atoms with Gasteiger partial charge in [0, 0.05) is 13.6 Å². The van der Waals surface area contributed by atoms with Gasteiger partial charge in [0.15, 0.2) is 5.96 Å². The number of rotatable bonds is 12. The van der Waals surface area contributed by atoms with Crippen molar-refractivity contribution in [3.05, 3.63) is 0 Å². The molecule has 4 rings (SSSR count). The lowest BCUT2D eigenvalue weighted by Crippen LogP contribution is -2.65. The fraction of sp³-hybridized carbons (Fsp3) is 0.889. The van der Waals surface area contributed by atoms with E-state index >= 15 is 0 Å². The second-order valence-electron chi connectivity index (χ2n) is 13.3. The number of guanidine groups is 1. The Bertz CT molecular complexity index is 884. The van der Waals surface area contributed by atoms with Crippen molar-refractivity contribution in [1.29, 1.82) is 5.41 Å². The van der Waals surface area contributed by atoms with Crippen molar-refractivity contribution in [2.75, 3.05) is 20.2 Å². The van der Waals surface area contributed by atoms with Crippen LogP contribution in [0.2, 0.25) is 0 Å². The van der Waals surface area contributed by atoms with E-state index in [2.05, 4.69) is 55.9 Å². The molecule has 11 heteroatoms. The minimum Gasteiger partial charge on any atom is -0.404 e. The minimum absolute atomic E-state index is 0.0188. The Balaban J connectivity index is 1.72. The molecule has 0 radical (unpaired) electrons. The van der Waals surface area contributed by atoms with Crippen molar-refractivity contribution in [1.82, 2.24) is 21.3 Å². The quantitative estimate of drug-likeness (QED) is 0.0968. The van der Waals surface area contributed by atoms with Crippen LogP contribution in [-0.2, 0) is 18.9 Å². The number of hydrogen-bond acceptors (Lipinski definition) is 6. The van der Waals surface area contributed by atoms with Gasteiger partial charge in [-0.1, -0.05) is 27.7 Å². The second kappa shape index (κ2) is 11.7. The van der Waals surface area contributed by atoms with E-state index in [9.17, 15) is 14.7 Å². The summed E-state index contributed by atoms with van der Waals surface area (Å²) in [7, 11) is 1.11. The average Bonchev–Trinajstić information content (AvgIpc) is 3.21. The summed E-state index contributed by atoms with van der Waals surface area (Å²) in [6.07, 6.45) is 3.77. The summed E-state index contributed by atoms with van der Waals surface area (Å²) in [4.78, 5) is 26.5. The molecule has 3 saturated carbocycles. The Morgan fingerprint density at radius 3 is 2.45 bits per heavy atom. The molecule has 2 amide bonds. The number of aliphatic hydroxyl groups is 1. The first-order valence-electron chi connectivity index (χ1n) is 14.2. The van der Waals surface area contributed by atoms with Crippen LogP contribution < -0.4 is 21.3 Å². The van der Waals surface area contributed by atoms with E-state index in [1.807, 2.05) is 0 Å². The van der Waals surface area contributed by atoms with Crippen molar-refractivity contribution >= 4 is 24.9 Å². The normalized spacial score (nSPS) is 29.1. The van der Waals surface area contributed by atoms with Crippen molar-refractivity contribution in [3.8, 4) is 0 Å². The smallest absolute Gasteiger partial charge is 0.404 e. The van der Waals surface area contributed by atoms with Gasteiger partial charge < -0.3 is 35.7 Å². The zero-order valence-electron chi connectivity index (χ0n) is 24.6. The monoisotopic (exact) mass is 535 g/mol. The Kier molecular flexibility index (Phi) is 9.47. The first kappa shape index (κ1) is 30.7. The lowest BCUT2D eigenvalue weighted by molar-refractivity contribution is -0.199. The molecule has 10 nitrogen and oxygen atoms in total. The molecule has 2 bridgehead atoms. The molecular formula is C27H50BN5O5. The maximum Gasteiger partial charge on any atom is 0.481 e.